The van der Waals surface area contributed by atoms with Gasteiger partial charge in [-0.25, -0.2) is 0 Å². The van der Waals surface area contributed by atoms with Gasteiger partial charge in [0, 0.05) is 11.4 Å². The monoisotopic (exact) mass is 282 g/mol. The molecule has 3 heteroatoms. The summed E-state index contributed by atoms with van der Waals surface area (Å²) in [7, 11) is 0. The van der Waals surface area contributed by atoms with Crippen molar-refractivity contribution >= 4 is 17.3 Å². The van der Waals surface area contributed by atoms with Gasteiger partial charge in [0.25, 0.3) is 0 Å². The molecular weight excluding hydrogens is 260 g/mol. The average molecular weight is 282 g/mol. The molecule has 0 aromatic heterocycles. The zero-order chi connectivity index (χ0) is 15.4. The van der Waals surface area contributed by atoms with Crippen LogP contribution in [0.3, 0.4) is 0 Å². The molecule has 0 saturated heterocycles. The first-order valence-corrected chi connectivity index (χ1v) is 7.24. The van der Waals surface area contributed by atoms with Gasteiger partial charge in [0.15, 0.2) is 0 Å². The summed E-state index contributed by atoms with van der Waals surface area (Å²) in [4.78, 5) is 12.2. The van der Waals surface area contributed by atoms with E-state index in [-0.39, 0.29) is 5.91 Å². The van der Waals surface area contributed by atoms with Crippen LogP contribution in [0.1, 0.15) is 29.2 Å². The van der Waals surface area contributed by atoms with Crippen LogP contribution in [0.4, 0.5) is 11.4 Å². The second kappa shape index (κ2) is 6.44. The summed E-state index contributed by atoms with van der Waals surface area (Å²) in [5, 5.41) is 2.91. The average Bonchev–Trinajstić information content (AvgIpc) is 2.43. The molecule has 21 heavy (non-hydrogen) atoms. The number of nitrogens with two attached hydrogens (primary N) is 1. The smallest absolute Gasteiger partial charge is 0.228 e. The van der Waals surface area contributed by atoms with E-state index in [1.807, 2.05) is 38.1 Å². The number of nitrogens with one attached hydrogen (secondary N) is 1. The standard InChI is InChI=1S/C18H22N2O/c1-4-14-7-8-16(11-17(14)19)20-18(21)10-15-9-12(2)5-6-13(15)3/h5-9,11H,4,10,19H2,1-3H3,(H,20,21). The first-order chi connectivity index (χ1) is 9.99. The van der Waals surface area contributed by atoms with Gasteiger partial charge in [-0.15, -0.1) is 0 Å². The third-order valence-electron chi connectivity index (χ3n) is 3.67. The van der Waals surface area contributed by atoms with Gasteiger partial charge in [0.2, 0.25) is 5.91 Å². The molecule has 0 aliphatic heterocycles. The zero-order valence-corrected chi connectivity index (χ0v) is 12.9. The summed E-state index contributed by atoms with van der Waals surface area (Å²) in [6, 6.07) is 11.8. The minimum atomic E-state index is -0.0210. The molecule has 0 spiro atoms. The van der Waals surface area contributed by atoms with Crippen molar-refractivity contribution in [2.45, 2.75) is 33.6 Å². The van der Waals surface area contributed by atoms with Gasteiger partial charge in [-0.1, -0.05) is 36.8 Å². The fourth-order valence-corrected chi connectivity index (χ4v) is 2.36. The number of carbonyl (C=O) groups excluding carboxylic acids is 1. The second-order valence-corrected chi connectivity index (χ2v) is 5.42. The van der Waals surface area contributed by atoms with E-state index in [1.54, 1.807) is 0 Å². The summed E-state index contributed by atoms with van der Waals surface area (Å²) >= 11 is 0. The summed E-state index contributed by atoms with van der Waals surface area (Å²) in [6.07, 6.45) is 1.27. The third-order valence-corrected chi connectivity index (χ3v) is 3.67. The number of aryl methyl sites for hydroxylation is 3. The number of carbonyl (C=O) groups is 1. The number of anilines is 2. The molecule has 0 bridgehead atoms. The van der Waals surface area contributed by atoms with Crippen LogP contribution < -0.4 is 11.1 Å². The van der Waals surface area contributed by atoms with Crippen molar-refractivity contribution in [3.8, 4) is 0 Å². The molecule has 0 saturated carbocycles. The Morgan fingerprint density at radius 1 is 1.10 bits per heavy atom. The van der Waals surface area contributed by atoms with Gasteiger partial charge in [0.05, 0.1) is 6.42 Å². The van der Waals surface area contributed by atoms with Crippen molar-refractivity contribution in [1.82, 2.24) is 0 Å². The molecule has 1 amide bonds. The maximum absolute atomic E-state index is 12.2. The van der Waals surface area contributed by atoms with E-state index in [1.165, 1.54) is 5.56 Å². The molecule has 0 unspecified atom stereocenters. The molecule has 0 fully saturated rings. The molecule has 0 heterocycles. The predicted octanol–water partition coefficient (Wildman–Crippen LogP) is 3.63. The van der Waals surface area contributed by atoms with Crippen LogP contribution in [0, 0.1) is 13.8 Å². The largest absolute Gasteiger partial charge is 0.398 e. The zero-order valence-electron chi connectivity index (χ0n) is 12.9. The lowest BCUT2D eigenvalue weighted by molar-refractivity contribution is -0.115. The van der Waals surface area contributed by atoms with E-state index >= 15 is 0 Å². The Hall–Kier alpha value is -2.29. The fraction of sp³-hybridized carbons (Fsp3) is 0.278. The Morgan fingerprint density at radius 3 is 2.52 bits per heavy atom. The number of hydrogen-bond acceptors (Lipinski definition) is 2. The maximum Gasteiger partial charge on any atom is 0.228 e. The molecule has 2 aromatic carbocycles. The number of nitrogen functional groups attached to an aromatic ring is 1. The highest BCUT2D eigenvalue weighted by molar-refractivity contribution is 5.93. The van der Waals surface area contributed by atoms with Crippen LogP contribution in [0.5, 0.6) is 0 Å². The fourth-order valence-electron chi connectivity index (χ4n) is 2.36. The first-order valence-electron chi connectivity index (χ1n) is 7.24. The molecule has 0 aliphatic rings. The van der Waals surface area contributed by atoms with Gasteiger partial charge in [-0.05, 0) is 49.1 Å². The van der Waals surface area contributed by atoms with Gasteiger partial charge in [0.1, 0.15) is 0 Å². The van der Waals surface area contributed by atoms with Crippen LogP contribution in [0.15, 0.2) is 36.4 Å². The van der Waals surface area contributed by atoms with E-state index in [0.29, 0.717) is 6.42 Å². The minimum absolute atomic E-state index is 0.0210. The Bertz CT molecular complexity index is 662. The second-order valence-electron chi connectivity index (χ2n) is 5.42. The van der Waals surface area contributed by atoms with Crippen molar-refractivity contribution in [2.75, 3.05) is 11.1 Å². The van der Waals surface area contributed by atoms with Crippen molar-refractivity contribution in [2.24, 2.45) is 0 Å². The number of benzene rings is 2. The number of amides is 1. The minimum Gasteiger partial charge on any atom is -0.398 e. The SMILES string of the molecule is CCc1ccc(NC(=O)Cc2cc(C)ccc2C)cc1N. The van der Waals surface area contributed by atoms with E-state index in [9.17, 15) is 4.79 Å². The van der Waals surface area contributed by atoms with Crippen molar-refractivity contribution in [1.29, 1.82) is 0 Å². The molecule has 0 atom stereocenters. The molecule has 110 valence electrons. The Kier molecular flexibility index (Phi) is 4.63. The molecular formula is C18H22N2O. The van der Waals surface area contributed by atoms with Gasteiger partial charge >= 0.3 is 0 Å². The lowest BCUT2D eigenvalue weighted by Gasteiger charge is -2.10. The Morgan fingerprint density at radius 2 is 1.86 bits per heavy atom. The van der Waals surface area contributed by atoms with Crippen molar-refractivity contribution in [3.63, 3.8) is 0 Å². The van der Waals surface area contributed by atoms with Gasteiger partial charge in [-0.3, -0.25) is 4.79 Å². The lowest BCUT2D eigenvalue weighted by atomic mass is 10.0. The van der Waals surface area contributed by atoms with Gasteiger partial charge < -0.3 is 11.1 Å². The molecule has 2 rings (SSSR count). The van der Waals surface area contributed by atoms with Crippen LogP contribution in [-0.2, 0) is 17.6 Å². The molecule has 3 N–H and O–H groups in total. The normalized spacial score (nSPS) is 10.4. The van der Waals surface area contributed by atoms with Crippen LogP contribution in [0.2, 0.25) is 0 Å². The molecule has 2 aromatic rings. The van der Waals surface area contributed by atoms with Gasteiger partial charge in [-0.2, -0.15) is 0 Å². The summed E-state index contributed by atoms with van der Waals surface area (Å²) in [5.74, 6) is -0.0210. The third kappa shape index (κ3) is 3.85. The Balaban J connectivity index is 2.08. The highest BCUT2D eigenvalue weighted by Crippen LogP contribution is 2.19. The molecule has 0 aliphatic carbocycles. The highest BCUT2D eigenvalue weighted by Gasteiger charge is 2.08. The topological polar surface area (TPSA) is 55.1 Å². The predicted molar refractivity (Wildman–Crippen MR) is 88.5 cm³/mol. The van der Waals surface area contributed by atoms with Crippen LogP contribution in [-0.4, -0.2) is 5.91 Å². The van der Waals surface area contributed by atoms with Crippen molar-refractivity contribution < 1.29 is 4.79 Å². The van der Waals surface area contributed by atoms with Crippen molar-refractivity contribution in [3.05, 3.63) is 58.7 Å². The summed E-state index contributed by atoms with van der Waals surface area (Å²) < 4.78 is 0. The van der Waals surface area contributed by atoms with E-state index in [2.05, 4.69) is 24.4 Å². The summed E-state index contributed by atoms with van der Waals surface area (Å²) in [5.41, 5.74) is 11.9. The molecule has 0 radical (unpaired) electrons. The number of rotatable bonds is 4. The van der Waals surface area contributed by atoms with Crippen LogP contribution >= 0.6 is 0 Å². The summed E-state index contributed by atoms with van der Waals surface area (Å²) in [6.45, 7) is 6.12. The van der Waals surface area contributed by atoms with E-state index in [4.69, 9.17) is 5.73 Å². The maximum atomic E-state index is 12.2. The molecule has 3 nitrogen and oxygen atoms in total. The Labute approximate surface area is 126 Å². The van der Waals surface area contributed by atoms with E-state index in [0.717, 1.165) is 34.5 Å². The highest BCUT2D eigenvalue weighted by atomic mass is 16.1. The first kappa shape index (κ1) is 15.1. The number of hydrogen-bond donors (Lipinski definition) is 2. The van der Waals surface area contributed by atoms with Crippen LogP contribution in [0.25, 0.3) is 0 Å². The lowest BCUT2D eigenvalue weighted by Crippen LogP contribution is -2.15. The van der Waals surface area contributed by atoms with E-state index < -0.39 is 0 Å². The quantitative estimate of drug-likeness (QED) is 0.841.